The maximum Gasteiger partial charge on any atom is 0.113 e. The van der Waals surface area contributed by atoms with Crippen LogP contribution in [0.4, 0.5) is 4.39 Å². The lowest BCUT2D eigenvalue weighted by Crippen LogP contribution is -2.40. The second-order valence-corrected chi connectivity index (χ2v) is 5.30. The van der Waals surface area contributed by atoms with E-state index in [-0.39, 0.29) is 0 Å². The molecule has 1 aromatic rings. The van der Waals surface area contributed by atoms with Crippen molar-refractivity contribution in [3.8, 4) is 0 Å². The second kappa shape index (κ2) is 5.58. The van der Waals surface area contributed by atoms with Crippen molar-refractivity contribution in [3.63, 3.8) is 0 Å². The molecule has 0 radical (unpaired) electrons. The van der Waals surface area contributed by atoms with Gasteiger partial charge in [-0.25, -0.2) is 4.39 Å². The second-order valence-electron chi connectivity index (χ2n) is 5.30. The zero-order valence-electron chi connectivity index (χ0n) is 10.5. The van der Waals surface area contributed by atoms with Crippen LogP contribution >= 0.6 is 0 Å². The van der Waals surface area contributed by atoms with E-state index in [1.807, 2.05) is 12.1 Å². The number of aromatic nitrogens is 1. The summed E-state index contributed by atoms with van der Waals surface area (Å²) >= 11 is 0. The number of rotatable bonds is 4. The van der Waals surface area contributed by atoms with Crippen LogP contribution < -0.4 is 5.32 Å². The summed E-state index contributed by atoms with van der Waals surface area (Å²) in [6.07, 6.45) is 8.09. The first-order valence-corrected chi connectivity index (χ1v) is 6.47. The number of alkyl halides is 1. The molecule has 1 saturated heterocycles. The van der Waals surface area contributed by atoms with Gasteiger partial charge in [-0.15, -0.1) is 0 Å². The lowest BCUT2D eigenvalue weighted by atomic mass is 9.89. The van der Waals surface area contributed by atoms with Gasteiger partial charge >= 0.3 is 0 Å². The highest BCUT2D eigenvalue weighted by molar-refractivity contribution is 5.11. The number of halogens is 1. The van der Waals surface area contributed by atoms with Gasteiger partial charge in [0.05, 0.1) is 0 Å². The van der Waals surface area contributed by atoms with Crippen LogP contribution in [-0.2, 0) is 6.42 Å². The molecule has 0 spiro atoms. The summed E-state index contributed by atoms with van der Waals surface area (Å²) in [6.45, 7) is 2.74. The Hall–Kier alpha value is -0.960. The molecule has 3 heteroatoms. The van der Waals surface area contributed by atoms with Crippen molar-refractivity contribution in [2.75, 3.05) is 6.54 Å². The van der Waals surface area contributed by atoms with Gasteiger partial charge in [-0.3, -0.25) is 4.98 Å². The van der Waals surface area contributed by atoms with Crippen molar-refractivity contribution in [2.24, 2.45) is 0 Å². The predicted octanol–water partition coefficient (Wildman–Crippen LogP) is 2.88. The van der Waals surface area contributed by atoms with Crippen LogP contribution in [0.25, 0.3) is 0 Å². The van der Waals surface area contributed by atoms with Crippen molar-refractivity contribution < 1.29 is 4.39 Å². The third-order valence-corrected chi connectivity index (χ3v) is 3.38. The van der Waals surface area contributed by atoms with Gasteiger partial charge in [-0.1, -0.05) is 12.5 Å². The van der Waals surface area contributed by atoms with E-state index in [0.717, 1.165) is 18.5 Å². The van der Waals surface area contributed by atoms with E-state index in [4.69, 9.17) is 0 Å². The summed E-state index contributed by atoms with van der Waals surface area (Å²) in [5, 5.41) is 3.41. The standard InChI is InChI=1S/C14H21FN2/c1-14(15,9-12-5-4-7-16-11-12)10-13-6-2-3-8-17-13/h4-5,7,11,13,17H,2-3,6,8-10H2,1H3. The van der Waals surface area contributed by atoms with Crippen molar-refractivity contribution in [3.05, 3.63) is 30.1 Å². The minimum absolute atomic E-state index is 0.343. The Morgan fingerprint density at radius 1 is 1.53 bits per heavy atom. The largest absolute Gasteiger partial charge is 0.314 e. The Labute approximate surface area is 103 Å². The molecule has 2 atom stereocenters. The first-order chi connectivity index (χ1) is 8.16. The van der Waals surface area contributed by atoms with Gasteiger partial charge in [0.15, 0.2) is 0 Å². The molecular formula is C14H21FN2. The van der Waals surface area contributed by atoms with Gasteiger partial charge < -0.3 is 5.32 Å². The molecule has 0 aromatic carbocycles. The Morgan fingerprint density at radius 3 is 3.06 bits per heavy atom. The van der Waals surface area contributed by atoms with E-state index in [0.29, 0.717) is 18.9 Å². The lowest BCUT2D eigenvalue weighted by Gasteiger charge is -2.30. The SMILES string of the molecule is CC(F)(Cc1cccnc1)CC1CCCCN1. The zero-order valence-corrected chi connectivity index (χ0v) is 10.5. The topological polar surface area (TPSA) is 24.9 Å². The number of piperidine rings is 1. The first-order valence-electron chi connectivity index (χ1n) is 6.47. The molecule has 1 aromatic heterocycles. The summed E-state index contributed by atoms with van der Waals surface area (Å²) < 4.78 is 14.5. The number of hydrogen-bond acceptors (Lipinski definition) is 2. The van der Waals surface area contributed by atoms with Crippen LogP contribution in [-0.4, -0.2) is 23.2 Å². The molecule has 2 heterocycles. The fourth-order valence-corrected chi connectivity index (χ4v) is 2.61. The maximum atomic E-state index is 14.5. The van der Waals surface area contributed by atoms with Crippen molar-refractivity contribution >= 4 is 0 Å². The van der Waals surface area contributed by atoms with Gasteiger partial charge in [-0.2, -0.15) is 0 Å². The average molecular weight is 236 g/mol. The minimum atomic E-state index is -1.14. The summed E-state index contributed by atoms with van der Waals surface area (Å²) in [4.78, 5) is 4.03. The van der Waals surface area contributed by atoms with Crippen LogP contribution in [0.1, 0.15) is 38.2 Å². The molecule has 0 aliphatic carbocycles. The van der Waals surface area contributed by atoms with E-state index in [1.165, 1.54) is 12.8 Å². The predicted molar refractivity (Wildman–Crippen MR) is 67.7 cm³/mol. The van der Waals surface area contributed by atoms with E-state index < -0.39 is 5.67 Å². The first kappa shape index (κ1) is 12.5. The third kappa shape index (κ3) is 4.08. The molecule has 1 N–H and O–H groups in total. The van der Waals surface area contributed by atoms with E-state index in [1.54, 1.807) is 19.3 Å². The van der Waals surface area contributed by atoms with Gasteiger partial charge in [0, 0.05) is 24.9 Å². The molecule has 0 bridgehead atoms. The van der Waals surface area contributed by atoms with Crippen LogP contribution in [0, 0.1) is 0 Å². The summed E-state index contributed by atoms with van der Waals surface area (Å²) in [7, 11) is 0. The fraction of sp³-hybridized carbons (Fsp3) is 0.643. The molecule has 2 unspecified atom stereocenters. The zero-order chi connectivity index (χ0) is 12.1. The van der Waals surface area contributed by atoms with Crippen molar-refractivity contribution in [1.29, 1.82) is 0 Å². The lowest BCUT2D eigenvalue weighted by molar-refractivity contribution is 0.145. The Bertz CT molecular complexity index is 331. The summed E-state index contributed by atoms with van der Waals surface area (Å²) in [5.74, 6) is 0. The highest BCUT2D eigenvalue weighted by atomic mass is 19.1. The Morgan fingerprint density at radius 2 is 2.41 bits per heavy atom. The summed E-state index contributed by atoms with van der Waals surface area (Å²) in [6, 6.07) is 4.15. The van der Waals surface area contributed by atoms with Crippen molar-refractivity contribution in [2.45, 2.75) is 50.7 Å². The molecule has 2 rings (SSSR count). The van der Waals surface area contributed by atoms with Gasteiger partial charge in [0.25, 0.3) is 0 Å². The maximum absolute atomic E-state index is 14.5. The third-order valence-electron chi connectivity index (χ3n) is 3.38. The molecule has 1 aliphatic rings. The average Bonchev–Trinajstić information content (AvgIpc) is 2.30. The summed E-state index contributed by atoms with van der Waals surface area (Å²) in [5.41, 5.74) is -0.161. The molecule has 94 valence electrons. The van der Waals surface area contributed by atoms with Gasteiger partial charge in [0.1, 0.15) is 5.67 Å². The molecule has 0 saturated carbocycles. The number of hydrogen-bond donors (Lipinski definition) is 1. The fourth-order valence-electron chi connectivity index (χ4n) is 2.61. The van der Waals surface area contributed by atoms with E-state index in [9.17, 15) is 4.39 Å². The van der Waals surface area contributed by atoms with Gasteiger partial charge in [0.2, 0.25) is 0 Å². The number of nitrogens with zero attached hydrogens (tertiary/aromatic N) is 1. The molecule has 2 nitrogen and oxygen atoms in total. The normalized spacial score (nSPS) is 24.2. The monoisotopic (exact) mass is 236 g/mol. The molecule has 1 aliphatic heterocycles. The quantitative estimate of drug-likeness (QED) is 0.869. The smallest absolute Gasteiger partial charge is 0.113 e. The van der Waals surface area contributed by atoms with Crippen LogP contribution in [0.3, 0.4) is 0 Å². The number of nitrogens with one attached hydrogen (secondary N) is 1. The highest BCUT2D eigenvalue weighted by Gasteiger charge is 2.28. The van der Waals surface area contributed by atoms with Crippen LogP contribution in [0.15, 0.2) is 24.5 Å². The van der Waals surface area contributed by atoms with Crippen LogP contribution in [0.2, 0.25) is 0 Å². The molecule has 17 heavy (non-hydrogen) atoms. The minimum Gasteiger partial charge on any atom is -0.314 e. The van der Waals surface area contributed by atoms with E-state index >= 15 is 0 Å². The number of pyridine rings is 1. The Kier molecular flexibility index (Phi) is 4.11. The molecular weight excluding hydrogens is 215 g/mol. The van der Waals surface area contributed by atoms with Crippen molar-refractivity contribution in [1.82, 2.24) is 10.3 Å². The van der Waals surface area contributed by atoms with Crippen LogP contribution in [0.5, 0.6) is 0 Å². The molecule has 1 fully saturated rings. The molecule has 0 amide bonds. The highest BCUT2D eigenvalue weighted by Crippen LogP contribution is 2.25. The Balaban J connectivity index is 1.89. The van der Waals surface area contributed by atoms with E-state index in [2.05, 4.69) is 10.3 Å². The van der Waals surface area contributed by atoms with Gasteiger partial charge in [-0.05, 0) is 44.4 Å².